The molecule has 1 aromatic heterocycles. The SMILES string of the molecule is COc1cc(NC(=O)c2ccc(-c3ccncc3)cc2)cc(N2CCN(C)CC2)c1OC. The molecule has 1 amide bonds. The predicted octanol–water partition coefficient (Wildman–Crippen LogP) is 3.77. The normalized spacial score (nSPS) is 14.2. The minimum atomic E-state index is -0.178. The molecule has 1 fully saturated rings. The quantitative estimate of drug-likeness (QED) is 0.640. The highest BCUT2D eigenvalue weighted by Crippen LogP contribution is 2.41. The molecule has 3 aromatic rings. The largest absolute Gasteiger partial charge is 0.493 e. The van der Waals surface area contributed by atoms with Crippen LogP contribution in [0.15, 0.2) is 60.9 Å². The zero-order valence-electron chi connectivity index (χ0n) is 18.7. The van der Waals surface area contributed by atoms with Crippen LogP contribution in [0.2, 0.25) is 0 Å². The number of benzene rings is 2. The van der Waals surface area contributed by atoms with Gasteiger partial charge in [0.1, 0.15) is 0 Å². The van der Waals surface area contributed by atoms with Crippen LogP contribution in [0.4, 0.5) is 11.4 Å². The molecule has 0 aliphatic carbocycles. The first-order valence-electron chi connectivity index (χ1n) is 10.6. The van der Waals surface area contributed by atoms with Gasteiger partial charge in [-0.3, -0.25) is 9.78 Å². The number of hydrogen-bond donors (Lipinski definition) is 1. The number of ether oxygens (including phenoxy) is 2. The second kappa shape index (κ2) is 9.70. The van der Waals surface area contributed by atoms with Gasteiger partial charge >= 0.3 is 0 Å². The third kappa shape index (κ3) is 4.68. The Morgan fingerprint density at radius 3 is 2.19 bits per heavy atom. The number of anilines is 2. The lowest BCUT2D eigenvalue weighted by Crippen LogP contribution is -2.44. The lowest BCUT2D eigenvalue weighted by atomic mass is 10.0. The van der Waals surface area contributed by atoms with Gasteiger partial charge in [0.05, 0.1) is 19.9 Å². The van der Waals surface area contributed by atoms with Gasteiger partial charge in [0.15, 0.2) is 11.5 Å². The van der Waals surface area contributed by atoms with Crippen molar-refractivity contribution >= 4 is 17.3 Å². The summed E-state index contributed by atoms with van der Waals surface area (Å²) in [6.07, 6.45) is 3.51. The van der Waals surface area contributed by atoms with Crippen LogP contribution in [0.5, 0.6) is 11.5 Å². The summed E-state index contributed by atoms with van der Waals surface area (Å²) in [6.45, 7) is 3.69. The van der Waals surface area contributed by atoms with Gasteiger partial charge in [-0.05, 0) is 48.5 Å². The van der Waals surface area contributed by atoms with Crippen molar-refractivity contribution in [3.8, 4) is 22.6 Å². The average molecular weight is 433 g/mol. The summed E-state index contributed by atoms with van der Waals surface area (Å²) in [7, 11) is 5.36. The topological polar surface area (TPSA) is 66.9 Å². The Bertz CT molecular complexity index is 1060. The van der Waals surface area contributed by atoms with Crippen molar-refractivity contribution in [3.63, 3.8) is 0 Å². The fraction of sp³-hybridized carbons (Fsp3) is 0.280. The van der Waals surface area contributed by atoms with Crippen LogP contribution in [0.25, 0.3) is 11.1 Å². The summed E-state index contributed by atoms with van der Waals surface area (Å²) < 4.78 is 11.2. The highest BCUT2D eigenvalue weighted by molar-refractivity contribution is 6.05. The van der Waals surface area contributed by atoms with Crippen LogP contribution < -0.4 is 19.7 Å². The van der Waals surface area contributed by atoms with Gasteiger partial charge in [0.25, 0.3) is 5.91 Å². The standard InChI is InChI=1S/C25H28N4O3/c1-28-12-14-29(15-13-28)22-16-21(17-23(31-2)24(22)32-3)27-25(30)20-6-4-18(5-7-20)19-8-10-26-11-9-19/h4-11,16-17H,12-15H2,1-3H3,(H,27,30). The van der Waals surface area contributed by atoms with Gasteiger partial charge < -0.3 is 24.6 Å². The molecule has 1 aliphatic rings. The summed E-state index contributed by atoms with van der Waals surface area (Å²) in [5.74, 6) is 1.09. The van der Waals surface area contributed by atoms with E-state index in [2.05, 4.69) is 27.1 Å². The predicted molar refractivity (Wildman–Crippen MR) is 127 cm³/mol. The highest BCUT2D eigenvalue weighted by atomic mass is 16.5. The van der Waals surface area contributed by atoms with Gasteiger partial charge in [0, 0.05) is 55.9 Å². The summed E-state index contributed by atoms with van der Waals surface area (Å²) in [4.78, 5) is 21.5. The second-order valence-corrected chi connectivity index (χ2v) is 7.79. The number of aromatic nitrogens is 1. The Kier molecular flexibility index (Phi) is 6.56. The summed E-state index contributed by atoms with van der Waals surface area (Å²) in [5, 5.41) is 3.01. The zero-order chi connectivity index (χ0) is 22.5. The Balaban J connectivity index is 1.56. The number of nitrogens with one attached hydrogen (secondary N) is 1. The third-order valence-electron chi connectivity index (χ3n) is 5.72. The number of pyridine rings is 1. The van der Waals surface area contributed by atoms with Gasteiger partial charge in [-0.1, -0.05) is 12.1 Å². The minimum Gasteiger partial charge on any atom is -0.493 e. The van der Waals surface area contributed by atoms with E-state index in [1.165, 1.54) is 0 Å². The Hall–Kier alpha value is -3.58. The van der Waals surface area contributed by atoms with Gasteiger partial charge in [-0.2, -0.15) is 0 Å². The minimum absolute atomic E-state index is 0.178. The monoisotopic (exact) mass is 432 g/mol. The molecule has 7 heteroatoms. The third-order valence-corrected chi connectivity index (χ3v) is 5.72. The van der Waals surface area contributed by atoms with Gasteiger partial charge in [0.2, 0.25) is 0 Å². The Morgan fingerprint density at radius 2 is 1.56 bits per heavy atom. The van der Waals surface area contributed by atoms with E-state index < -0.39 is 0 Å². The molecular formula is C25H28N4O3. The molecule has 0 unspecified atom stereocenters. The fourth-order valence-corrected chi connectivity index (χ4v) is 3.86. The molecule has 32 heavy (non-hydrogen) atoms. The lowest BCUT2D eigenvalue weighted by Gasteiger charge is -2.35. The molecular weight excluding hydrogens is 404 g/mol. The number of carbonyl (C=O) groups is 1. The maximum absolute atomic E-state index is 12.9. The molecule has 166 valence electrons. The number of carbonyl (C=O) groups excluding carboxylic acids is 1. The van der Waals surface area contributed by atoms with Crippen LogP contribution in [0, 0.1) is 0 Å². The number of piperazine rings is 1. The van der Waals surface area contributed by atoms with Crippen molar-refractivity contribution in [2.75, 3.05) is 57.7 Å². The van der Waals surface area contributed by atoms with E-state index in [1.807, 2.05) is 42.5 Å². The molecule has 1 aliphatic heterocycles. The first-order valence-corrected chi connectivity index (χ1v) is 10.6. The maximum Gasteiger partial charge on any atom is 0.255 e. The fourth-order valence-electron chi connectivity index (χ4n) is 3.86. The van der Waals surface area contributed by atoms with Crippen LogP contribution in [0.3, 0.4) is 0 Å². The number of hydrogen-bond acceptors (Lipinski definition) is 6. The van der Waals surface area contributed by atoms with Crippen molar-refractivity contribution in [1.82, 2.24) is 9.88 Å². The number of likely N-dealkylation sites (N-methyl/N-ethyl adjacent to an activating group) is 1. The molecule has 0 bridgehead atoms. The van der Waals surface area contributed by atoms with E-state index in [0.717, 1.165) is 43.0 Å². The Labute approximate surface area is 188 Å². The van der Waals surface area contributed by atoms with Crippen molar-refractivity contribution in [2.45, 2.75) is 0 Å². The molecule has 2 aromatic carbocycles. The number of nitrogens with zero attached hydrogens (tertiary/aromatic N) is 3. The zero-order valence-corrected chi connectivity index (χ0v) is 18.7. The van der Waals surface area contributed by atoms with Gasteiger partial charge in [-0.15, -0.1) is 0 Å². The molecule has 0 radical (unpaired) electrons. The van der Waals surface area contributed by atoms with E-state index in [-0.39, 0.29) is 5.91 Å². The van der Waals surface area contributed by atoms with E-state index in [0.29, 0.717) is 22.7 Å². The molecule has 0 spiro atoms. The van der Waals surface area contributed by atoms with Crippen LogP contribution in [-0.4, -0.2) is 63.2 Å². The number of methoxy groups -OCH3 is 2. The molecule has 0 saturated carbocycles. The molecule has 2 heterocycles. The summed E-state index contributed by atoms with van der Waals surface area (Å²) in [5.41, 5.74) is 4.26. The molecule has 1 saturated heterocycles. The molecule has 7 nitrogen and oxygen atoms in total. The highest BCUT2D eigenvalue weighted by Gasteiger charge is 2.22. The smallest absolute Gasteiger partial charge is 0.255 e. The van der Waals surface area contributed by atoms with E-state index in [9.17, 15) is 4.79 Å². The van der Waals surface area contributed by atoms with E-state index >= 15 is 0 Å². The van der Waals surface area contributed by atoms with Crippen molar-refractivity contribution in [2.24, 2.45) is 0 Å². The van der Waals surface area contributed by atoms with E-state index in [4.69, 9.17) is 9.47 Å². The summed E-state index contributed by atoms with van der Waals surface area (Å²) >= 11 is 0. The van der Waals surface area contributed by atoms with Crippen LogP contribution >= 0.6 is 0 Å². The van der Waals surface area contributed by atoms with Crippen LogP contribution in [0.1, 0.15) is 10.4 Å². The molecule has 0 atom stereocenters. The number of rotatable bonds is 6. The van der Waals surface area contributed by atoms with Crippen molar-refractivity contribution < 1.29 is 14.3 Å². The molecule has 4 rings (SSSR count). The second-order valence-electron chi connectivity index (χ2n) is 7.79. The average Bonchev–Trinajstić information content (AvgIpc) is 2.84. The first kappa shape index (κ1) is 21.6. The van der Waals surface area contributed by atoms with Gasteiger partial charge in [-0.25, -0.2) is 0 Å². The first-order chi connectivity index (χ1) is 15.6. The van der Waals surface area contributed by atoms with Crippen LogP contribution in [-0.2, 0) is 0 Å². The Morgan fingerprint density at radius 1 is 0.906 bits per heavy atom. The maximum atomic E-state index is 12.9. The lowest BCUT2D eigenvalue weighted by molar-refractivity contribution is 0.102. The van der Waals surface area contributed by atoms with E-state index in [1.54, 1.807) is 32.7 Å². The van der Waals surface area contributed by atoms with Crippen molar-refractivity contribution in [1.29, 1.82) is 0 Å². The summed E-state index contributed by atoms with van der Waals surface area (Å²) in [6, 6.07) is 15.2. The van der Waals surface area contributed by atoms with Crippen molar-refractivity contribution in [3.05, 3.63) is 66.5 Å². The molecule has 1 N–H and O–H groups in total. The number of amides is 1.